The van der Waals surface area contributed by atoms with Gasteiger partial charge in [0.2, 0.25) is 0 Å². The molecule has 4 rings (SSSR count). The minimum atomic E-state index is -4.25. The highest BCUT2D eigenvalue weighted by Gasteiger charge is 2.28. The lowest BCUT2D eigenvalue weighted by Gasteiger charge is -2.15. The number of nitrogens with zero attached hydrogens (tertiary/aromatic N) is 3. The number of aliphatic imine (C=N–C) groups is 1. The molecule has 0 spiro atoms. The molecule has 184 valence electrons. The Kier molecular flexibility index (Phi) is 7.49. The number of allylic oxidation sites excluding steroid dienone is 1. The van der Waals surface area contributed by atoms with Gasteiger partial charge < -0.3 is 15.1 Å². The van der Waals surface area contributed by atoms with Gasteiger partial charge in [-0.25, -0.2) is 9.79 Å². The Balaban J connectivity index is 1.64. The van der Waals surface area contributed by atoms with E-state index in [-0.39, 0.29) is 20.9 Å². The van der Waals surface area contributed by atoms with Crippen LogP contribution in [0.15, 0.2) is 72.2 Å². The Morgan fingerprint density at radius 3 is 2.50 bits per heavy atom. The zero-order chi connectivity index (χ0) is 26.0. The van der Waals surface area contributed by atoms with Crippen molar-refractivity contribution in [3.8, 4) is 21.7 Å². The predicted molar refractivity (Wildman–Crippen MR) is 147 cm³/mol. The number of carbonyl (C=O) groups is 1. The van der Waals surface area contributed by atoms with Crippen LogP contribution in [0.3, 0.4) is 0 Å². The van der Waals surface area contributed by atoms with E-state index in [1.54, 1.807) is 24.0 Å². The molecule has 2 heterocycles. The van der Waals surface area contributed by atoms with Gasteiger partial charge in [0.1, 0.15) is 4.88 Å². The molecule has 0 amide bonds. The Hall–Kier alpha value is -3.20. The quantitative estimate of drug-likeness (QED) is 0.164. The van der Waals surface area contributed by atoms with E-state index < -0.39 is 13.5 Å². The maximum atomic E-state index is 13.0. The van der Waals surface area contributed by atoms with Gasteiger partial charge in [-0.05, 0) is 29.8 Å². The zero-order valence-corrected chi connectivity index (χ0v) is 21.9. The summed E-state index contributed by atoms with van der Waals surface area (Å²) in [5.41, 5.74) is 2.32. The van der Waals surface area contributed by atoms with E-state index in [0.29, 0.717) is 15.7 Å². The first-order valence-corrected chi connectivity index (χ1v) is 13.6. The van der Waals surface area contributed by atoms with E-state index in [2.05, 4.69) is 21.8 Å². The molecule has 36 heavy (non-hydrogen) atoms. The number of rotatable bonds is 8. The topological polar surface area (TPSA) is 117 Å². The molecular weight excluding hydrogens is 542 g/mol. The van der Waals surface area contributed by atoms with Gasteiger partial charge in [0.15, 0.2) is 5.82 Å². The second-order valence-electron chi connectivity index (χ2n) is 7.54. The molecule has 4 aromatic rings. The third kappa shape index (κ3) is 5.46. The zero-order valence-electron chi connectivity index (χ0n) is 18.7. The van der Waals surface area contributed by atoms with Crippen LogP contribution in [0.5, 0.6) is 0 Å². The third-order valence-corrected chi connectivity index (χ3v) is 8.51. The van der Waals surface area contributed by atoms with Crippen LogP contribution in [0.2, 0.25) is 10.0 Å². The third-order valence-electron chi connectivity index (χ3n) is 5.07. The van der Waals surface area contributed by atoms with Crippen LogP contribution >= 0.6 is 42.1 Å². The van der Waals surface area contributed by atoms with Crippen LogP contribution in [0.1, 0.15) is 9.67 Å². The average molecular weight is 561 g/mol. The largest absolute Gasteiger partial charge is 0.477 e. The summed E-state index contributed by atoms with van der Waals surface area (Å²) in [7, 11) is -2.46. The highest BCUT2D eigenvalue weighted by Crippen LogP contribution is 2.46. The maximum Gasteiger partial charge on any atom is 0.348 e. The van der Waals surface area contributed by atoms with Gasteiger partial charge in [0.25, 0.3) is 0 Å². The Morgan fingerprint density at radius 2 is 1.86 bits per heavy atom. The summed E-state index contributed by atoms with van der Waals surface area (Å²) in [5.74, 6) is -0.558. The SMILES string of the molecule is C=C/C=N\c1cc(-c2ccc(-c3cc(NP(=O)(O)c4ccc(Cl)cc4Cl)c(C(=O)O)s3)cc2)nn1C. The molecule has 1 unspecified atom stereocenters. The lowest BCUT2D eigenvalue weighted by molar-refractivity contribution is 0.0703. The molecule has 0 aliphatic carbocycles. The van der Waals surface area contributed by atoms with Gasteiger partial charge >= 0.3 is 13.5 Å². The number of anilines is 1. The monoisotopic (exact) mass is 560 g/mol. The van der Waals surface area contributed by atoms with Crippen molar-refractivity contribution in [1.29, 1.82) is 0 Å². The number of carboxylic acids is 1. The molecule has 0 aliphatic heterocycles. The molecule has 0 saturated carbocycles. The Morgan fingerprint density at radius 1 is 1.17 bits per heavy atom. The van der Waals surface area contributed by atoms with Crippen LogP contribution in [-0.4, -0.2) is 32.0 Å². The second-order valence-corrected chi connectivity index (χ2v) is 11.3. The Bertz CT molecular complexity index is 1550. The summed E-state index contributed by atoms with van der Waals surface area (Å²) in [6.45, 7) is 3.61. The van der Waals surface area contributed by atoms with Crippen LogP contribution in [0.4, 0.5) is 11.5 Å². The summed E-state index contributed by atoms with van der Waals surface area (Å²) in [4.78, 5) is 27.3. The van der Waals surface area contributed by atoms with E-state index in [1.165, 1.54) is 24.3 Å². The molecule has 1 atom stereocenters. The Labute approximate surface area is 220 Å². The number of hydrogen-bond acceptors (Lipinski definition) is 5. The number of nitrogens with one attached hydrogen (secondary N) is 1. The minimum absolute atomic E-state index is 0.00314. The van der Waals surface area contributed by atoms with Gasteiger partial charge in [0.05, 0.1) is 21.7 Å². The molecule has 0 aliphatic rings. The van der Waals surface area contributed by atoms with Crippen molar-refractivity contribution in [3.05, 3.63) is 82.2 Å². The summed E-state index contributed by atoms with van der Waals surface area (Å²) < 4.78 is 14.7. The summed E-state index contributed by atoms with van der Waals surface area (Å²) >= 11 is 13.0. The van der Waals surface area contributed by atoms with Gasteiger partial charge in [-0.3, -0.25) is 9.25 Å². The fourth-order valence-corrected chi connectivity index (χ4v) is 6.42. The molecule has 3 N–H and O–H groups in total. The molecule has 12 heteroatoms. The smallest absolute Gasteiger partial charge is 0.348 e. The van der Waals surface area contributed by atoms with E-state index in [0.717, 1.165) is 28.2 Å². The van der Waals surface area contributed by atoms with E-state index in [4.69, 9.17) is 23.2 Å². The highest BCUT2D eigenvalue weighted by molar-refractivity contribution is 7.67. The summed E-state index contributed by atoms with van der Waals surface area (Å²) in [5, 5.41) is 16.9. The minimum Gasteiger partial charge on any atom is -0.477 e. The van der Waals surface area contributed by atoms with Crippen molar-refractivity contribution in [2.75, 3.05) is 5.09 Å². The van der Waals surface area contributed by atoms with Crippen molar-refractivity contribution in [3.63, 3.8) is 0 Å². The molecular formula is C24H19Cl2N4O4PS. The standard InChI is InChI=1S/C24H19Cl2N4O4PS/c1-3-10-27-22-13-18(28-30(22)2)14-4-6-15(7-5-14)21-12-19(23(36-21)24(31)32)29-35(33,34)20-9-8-16(25)11-17(20)26/h3-13H,1H2,2H3,(H,31,32)(H2,29,33,34)/b27-10-. The molecule has 0 bridgehead atoms. The van der Waals surface area contributed by atoms with Crippen molar-refractivity contribution in [2.24, 2.45) is 12.0 Å². The van der Waals surface area contributed by atoms with E-state index >= 15 is 0 Å². The predicted octanol–water partition coefficient (Wildman–Crippen LogP) is 6.63. The molecule has 0 saturated heterocycles. The van der Waals surface area contributed by atoms with Crippen LogP contribution in [0, 0.1) is 0 Å². The van der Waals surface area contributed by atoms with Crippen LogP contribution in [-0.2, 0) is 11.6 Å². The van der Waals surface area contributed by atoms with Crippen LogP contribution in [0.25, 0.3) is 21.7 Å². The fourth-order valence-electron chi connectivity index (χ4n) is 3.38. The molecule has 2 aromatic carbocycles. The number of aromatic carboxylic acids is 1. The van der Waals surface area contributed by atoms with Crippen molar-refractivity contribution in [2.45, 2.75) is 0 Å². The van der Waals surface area contributed by atoms with Crippen molar-refractivity contribution >= 4 is 71.1 Å². The van der Waals surface area contributed by atoms with Gasteiger partial charge in [-0.1, -0.05) is 60.1 Å². The van der Waals surface area contributed by atoms with E-state index in [9.17, 15) is 19.4 Å². The lowest BCUT2D eigenvalue weighted by Crippen LogP contribution is -2.13. The fraction of sp³-hybridized carbons (Fsp3) is 0.0417. The lowest BCUT2D eigenvalue weighted by atomic mass is 10.1. The summed E-state index contributed by atoms with van der Waals surface area (Å²) in [6.07, 6.45) is 3.16. The number of carboxylic acid groups (broad SMARTS) is 1. The van der Waals surface area contributed by atoms with Gasteiger partial charge in [0, 0.05) is 34.8 Å². The number of aromatic nitrogens is 2. The van der Waals surface area contributed by atoms with Crippen molar-refractivity contribution in [1.82, 2.24) is 9.78 Å². The first kappa shape index (κ1) is 25.9. The second kappa shape index (κ2) is 10.4. The molecule has 0 radical (unpaired) electrons. The summed E-state index contributed by atoms with van der Waals surface area (Å²) in [6, 6.07) is 14.8. The number of halogens is 2. The number of benzene rings is 2. The maximum absolute atomic E-state index is 13.0. The number of hydrogen-bond donors (Lipinski definition) is 3. The number of aryl methyl sites for hydroxylation is 1. The normalized spacial score (nSPS) is 13.0. The highest BCUT2D eigenvalue weighted by atomic mass is 35.5. The first-order valence-electron chi connectivity index (χ1n) is 10.3. The van der Waals surface area contributed by atoms with Gasteiger partial charge in [-0.15, -0.1) is 11.3 Å². The molecule has 0 fully saturated rings. The number of thiophene rings is 1. The van der Waals surface area contributed by atoms with Gasteiger partial charge in [-0.2, -0.15) is 5.10 Å². The van der Waals surface area contributed by atoms with Crippen molar-refractivity contribution < 1.29 is 19.4 Å². The average Bonchev–Trinajstić information content (AvgIpc) is 3.40. The molecule has 2 aromatic heterocycles. The van der Waals surface area contributed by atoms with E-state index in [1.807, 2.05) is 30.3 Å². The first-order chi connectivity index (χ1) is 17.1. The van der Waals surface area contributed by atoms with Crippen LogP contribution < -0.4 is 10.4 Å². The molecule has 8 nitrogen and oxygen atoms in total.